The molecule has 0 aliphatic carbocycles. The summed E-state index contributed by atoms with van der Waals surface area (Å²) in [5.41, 5.74) is 0. The number of hydrogen-bond acceptors (Lipinski definition) is 2. The highest BCUT2D eigenvalue weighted by molar-refractivity contribution is 4.75. The van der Waals surface area contributed by atoms with E-state index in [1.165, 1.54) is 58.2 Å². The lowest BCUT2D eigenvalue weighted by molar-refractivity contribution is 0.146. The molecule has 1 saturated heterocycles. The van der Waals surface area contributed by atoms with Gasteiger partial charge in [-0.15, -0.1) is 0 Å². The maximum Gasteiger partial charge on any atom is 0.0105 e. The van der Waals surface area contributed by atoms with Gasteiger partial charge in [-0.2, -0.15) is 0 Å². The molecule has 1 heterocycles. The molecule has 1 rings (SSSR count). The van der Waals surface area contributed by atoms with E-state index in [1.54, 1.807) is 0 Å². The summed E-state index contributed by atoms with van der Waals surface area (Å²) in [5, 5.41) is 3.56. The molecule has 0 aromatic heterocycles. The first-order valence-electron chi connectivity index (χ1n) is 7.70. The lowest BCUT2D eigenvalue weighted by Crippen LogP contribution is -2.42. The lowest BCUT2D eigenvalue weighted by Gasteiger charge is -2.34. The van der Waals surface area contributed by atoms with Crippen LogP contribution in [-0.4, -0.2) is 37.1 Å². The van der Waals surface area contributed by atoms with Crippen molar-refractivity contribution in [2.75, 3.05) is 26.2 Å². The Labute approximate surface area is 108 Å². The summed E-state index contributed by atoms with van der Waals surface area (Å²) in [6.45, 7) is 12.0. The molecule has 0 spiro atoms. The SMILES string of the molecule is CCCNCC(C)C(C)N1CCCCCCC1. The zero-order valence-corrected chi connectivity index (χ0v) is 12.2. The molecule has 2 nitrogen and oxygen atoms in total. The Morgan fingerprint density at radius 1 is 1.00 bits per heavy atom. The summed E-state index contributed by atoms with van der Waals surface area (Å²) in [6, 6.07) is 0.734. The molecule has 1 aliphatic rings. The van der Waals surface area contributed by atoms with Crippen molar-refractivity contribution in [1.82, 2.24) is 10.2 Å². The van der Waals surface area contributed by atoms with Crippen molar-refractivity contribution >= 4 is 0 Å². The summed E-state index contributed by atoms with van der Waals surface area (Å²) >= 11 is 0. The number of rotatable bonds is 6. The van der Waals surface area contributed by atoms with Gasteiger partial charge in [0.15, 0.2) is 0 Å². The van der Waals surface area contributed by atoms with Gasteiger partial charge < -0.3 is 10.2 Å². The molecule has 102 valence electrons. The Kier molecular flexibility index (Phi) is 7.87. The first-order valence-corrected chi connectivity index (χ1v) is 7.70. The molecule has 0 saturated carbocycles. The van der Waals surface area contributed by atoms with Gasteiger partial charge in [0.05, 0.1) is 0 Å². The number of nitrogens with zero attached hydrogens (tertiary/aromatic N) is 1. The molecule has 1 N–H and O–H groups in total. The molecule has 0 aromatic carbocycles. The van der Waals surface area contributed by atoms with Crippen LogP contribution in [-0.2, 0) is 0 Å². The smallest absolute Gasteiger partial charge is 0.0105 e. The summed E-state index contributed by atoms with van der Waals surface area (Å²) in [4.78, 5) is 2.72. The van der Waals surface area contributed by atoms with Gasteiger partial charge in [0.2, 0.25) is 0 Å². The van der Waals surface area contributed by atoms with E-state index >= 15 is 0 Å². The highest BCUT2D eigenvalue weighted by atomic mass is 15.2. The van der Waals surface area contributed by atoms with Crippen molar-refractivity contribution < 1.29 is 0 Å². The zero-order chi connectivity index (χ0) is 12.5. The van der Waals surface area contributed by atoms with Crippen LogP contribution in [0.4, 0.5) is 0 Å². The van der Waals surface area contributed by atoms with Crippen molar-refractivity contribution in [3.05, 3.63) is 0 Å². The van der Waals surface area contributed by atoms with Crippen LogP contribution < -0.4 is 5.32 Å². The fourth-order valence-corrected chi connectivity index (χ4v) is 2.72. The molecule has 2 unspecified atom stereocenters. The highest BCUT2D eigenvalue weighted by Gasteiger charge is 2.19. The summed E-state index contributed by atoms with van der Waals surface area (Å²) < 4.78 is 0. The third kappa shape index (κ3) is 5.87. The highest BCUT2D eigenvalue weighted by Crippen LogP contribution is 2.16. The topological polar surface area (TPSA) is 15.3 Å². The van der Waals surface area contributed by atoms with Crippen molar-refractivity contribution in [3.63, 3.8) is 0 Å². The van der Waals surface area contributed by atoms with Crippen molar-refractivity contribution in [2.24, 2.45) is 5.92 Å². The van der Waals surface area contributed by atoms with E-state index in [2.05, 4.69) is 31.0 Å². The van der Waals surface area contributed by atoms with Gasteiger partial charge in [-0.25, -0.2) is 0 Å². The Hall–Kier alpha value is -0.0800. The third-order valence-corrected chi connectivity index (χ3v) is 4.18. The molecule has 17 heavy (non-hydrogen) atoms. The number of nitrogens with one attached hydrogen (secondary N) is 1. The monoisotopic (exact) mass is 240 g/mol. The first kappa shape index (κ1) is 15.0. The second-order valence-corrected chi connectivity index (χ2v) is 5.73. The quantitative estimate of drug-likeness (QED) is 0.717. The Morgan fingerprint density at radius 3 is 2.18 bits per heavy atom. The Morgan fingerprint density at radius 2 is 1.59 bits per heavy atom. The van der Waals surface area contributed by atoms with Crippen LogP contribution in [0.15, 0.2) is 0 Å². The van der Waals surface area contributed by atoms with Gasteiger partial charge in [0.1, 0.15) is 0 Å². The van der Waals surface area contributed by atoms with Gasteiger partial charge in [-0.3, -0.25) is 0 Å². The number of hydrogen-bond donors (Lipinski definition) is 1. The van der Waals surface area contributed by atoms with Crippen LogP contribution in [0.3, 0.4) is 0 Å². The molecular weight excluding hydrogens is 208 g/mol. The molecular formula is C15H32N2. The second kappa shape index (κ2) is 8.93. The van der Waals surface area contributed by atoms with E-state index in [0.29, 0.717) is 0 Å². The maximum absolute atomic E-state index is 3.56. The van der Waals surface area contributed by atoms with Crippen molar-refractivity contribution in [3.8, 4) is 0 Å². The van der Waals surface area contributed by atoms with E-state index in [4.69, 9.17) is 0 Å². The van der Waals surface area contributed by atoms with E-state index in [1.807, 2.05) is 0 Å². The van der Waals surface area contributed by atoms with E-state index < -0.39 is 0 Å². The predicted molar refractivity (Wildman–Crippen MR) is 76.4 cm³/mol. The third-order valence-electron chi connectivity index (χ3n) is 4.18. The van der Waals surface area contributed by atoms with Crippen LogP contribution in [0.1, 0.15) is 59.3 Å². The largest absolute Gasteiger partial charge is 0.316 e. The molecule has 2 atom stereocenters. The van der Waals surface area contributed by atoms with Gasteiger partial charge in [0.25, 0.3) is 0 Å². The lowest BCUT2D eigenvalue weighted by atomic mass is 9.99. The minimum absolute atomic E-state index is 0.734. The van der Waals surface area contributed by atoms with E-state index in [9.17, 15) is 0 Å². The van der Waals surface area contributed by atoms with Crippen LogP contribution in [0.2, 0.25) is 0 Å². The van der Waals surface area contributed by atoms with Crippen LogP contribution in [0.25, 0.3) is 0 Å². The maximum atomic E-state index is 3.56. The standard InChI is InChI=1S/C15H32N2/c1-4-10-16-13-14(2)15(3)17-11-8-6-5-7-9-12-17/h14-16H,4-13H2,1-3H3. The minimum Gasteiger partial charge on any atom is -0.316 e. The van der Waals surface area contributed by atoms with Gasteiger partial charge >= 0.3 is 0 Å². The van der Waals surface area contributed by atoms with Crippen LogP contribution in [0, 0.1) is 5.92 Å². The van der Waals surface area contributed by atoms with Gasteiger partial charge in [-0.1, -0.05) is 33.1 Å². The van der Waals surface area contributed by atoms with Crippen molar-refractivity contribution in [2.45, 2.75) is 65.3 Å². The molecule has 1 fully saturated rings. The summed E-state index contributed by atoms with van der Waals surface area (Å²) in [5.74, 6) is 0.765. The average molecular weight is 240 g/mol. The first-order chi connectivity index (χ1) is 8.25. The Balaban J connectivity index is 2.29. The average Bonchev–Trinajstić information content (AvgIpc) is 2.28. The molecule has 0 aromatic rings. The molecule has 0 radical (unpaired) electrons. The fourth-order valence-electron chi connectivity index (χ4n) is 2.72. The van der Waals surface area contributed by atoms with E-state index in [0.717, 1.165) is 18.5 Å². The predicted octanol–water partition coefficient (Wildman–Crippen LogP) is 3.28. The van der Waals surface area contributed by atoms with E-state index in [-0.39, 0.29) is 0 Å². The Bertz CT molecular complexity index is 174. The second-order valence-electron chi connectivity index (χ2n) is 5.73. The van der Waals surface area contributed by atoms with Crippen molar-refractivity contribution in [1.29, 1.82) is 0 Å². The molecule has 0 amide bonds. The molecule has 0 bridgehead atoms. The molecule has 2 heteroatoms. The zero-order valence-electron chi connectivity index (χ0n) is 12.2. The van der Waals surface area contributed by atoms with Gasteiger partial charge in [-0.05, 0) is 58.3 Å². The number of likely N-dealkylation sites (tertiary alicyclic amines) is 1. The van der Waals surface area contributed by atoms with Crippen LogP contribution in [0.5, 0.6) is 0 Å². The summed E-state index contributed by atoms with van der Waals surface area (Å²) in [7, 11) is 0. The minimum atomic E-state index is 0.734. The van der Waals surface area contributed by atoms with Gasteiger partial charge in [0, 0.05) is 6.04 Å². The van der Waals surface area contributed by atoms with Crippen LogP contribution >= 0.6 is 0 Å². The normalized spacial score (nSPS) is 22.8. The fraction of sp³-hybridized carbons (Fsp3) is 1.00. The molecule has 1 aliphatic heterocycles. The summed E-state index contributed by atoms with van der Waals surface area (Å²) in [6.07, 6.45) is 8.37.